The van der Waals surface area contributed by atoms with Crippen LogP contribution in [0.4, 0.5) is 0 Å². The number of nitrogens with zero attached hydrogens (tertiary/aromatic N) is 3. The minimum atomic E-state index is -1.08. The quantitative estimate of drug-likeness (QED) is 0.299. The van der Waals surface area contributed by atoms with Crippen molar-refractivity contribution in [1.82, 2.24) is 10.3 Å². The number of ketones is 1. The van der Waals surface area contributed by atoms with Gasteiger partial charge in [-0.05, 0) is 40.5 Å². The summed E-state index contributed by atoms with van der Waals surface area (Å²) in [5.41, 5.74) is 6.10. The van der Waals surface area contributed by atoms with E-state index in [1.54, 1.807) is 26.0 Å². The lowest BCUT2D eigenvalue weighted by atomic mass is 10.0. The molecule has 9 nitrogen and oxygen atoms in total. The number of hydrogen-bond donors (Lipinski definition) is 2. The Hall–Kier alpha value is -2.99. The number of nitrogens with two attached hydrogens (primary N) is 1. The number of ether oxygens (including phenoxy) is 2. The minimum absolute atomic E-state index is 0.0553. The summed E-state index contributed by atoms with van der Waals surface area (Å²) in [6.45, 7) is 7.09. The normalized spacial score (nSPS) is 12.7. The third-order valence-electron chi connectivity index (χ3n) is 4.41. The van der Waals surface area contributed by atoms with Crippen molar-refractivity contribution in [3.63, 3.8) is 0 Å². The fraction of sp³-hybridized carbons (Fsp3) is 0.571. The molecule has 3 N–H and O–H groups in total. The van der Waals surface area contributed by atoms with Crippen LogP contribution in [-0.4, -0.2) is 54.4 Å². The van der Waals surface area contributed by atoms with Crippen molar-refractivity contribution in [1.29, 1.82) is 5.26 Å². The maximum Gasteiger partial charge on any atom is 0.252 e. The lowest BCUT2D eigenvalue weighted by molar-refractivity contribution is -0.142. The number of aliphatic imine (C=N–C) groups is 1. The molecule has 1 aromatic heterocycles. The number of aryl methyl sites for hydroxylation is 2. The highest BCUT2D eigenvalue weighted by atomic mass is 16.5. The van der Waals surface area contributed by atoms with Gasteiger partial charge in [0.2, 0.25) is 0 Å². The largest absolute Gasteiger partial charge is 0.486 e. The second-order valence-electron chi connectivity index (χ2n) is 7.43. The average Bonchev–Trinajstić information content (AvgIpc) is 2.67. The Morgan fingerprint density at radius 1 is 1.33 bits per heavy atom. The Bertz CT molecular complexity index is 794. The van der Waals surface area contributed by atoms with E-state index in [2.05, 4.69) is 15.3 Å². The average molecular weight is 418 g/mol. The van der Waals surface area contributed by atoms with Gasteiger partial charge in [0.1, 0.15) is 23.8 Å². The van der Waals surface area contributed by atoms with Crippen LogP contribution in [0.3, 0.4) is 0 Å². The molecule has 0 aliphatic carbocycles. The van der Waals surface area contributed by atoms with E-state index in [9.17, 15) is 9.59 Å². The first-order chi connectivity index (χ1) is 14.1. The highest BCUT2D eigenvalue weighted by Crippen LogP contribution is 2.14. The van der Waals surface area contributed by atoms with Gasteiger partial charge >= 0.3 is 0 Å². The molecule has 1 heterocycles. The number of carbonyl (C=O) groups is 2. The van der Waals surface area contributed by atoms with Gasteiger partial charge in [0.25, 0.3) is 5.91 Å². The number of hydrogen-bond acceptors (Lipinski definition) is 7. The van der Waals surface area contributed by atoms with Crippen LogP contribution in [-0.2, 0) is 14.3 Å². The molecule has 30 heavy (non-hydrogen) atoms. The lowest BCUT2D eigenvalue weighted by Crippen LogP contribution is -2.51. The van der Waals surface area contributed by atoms with Crippen molar-refractivity contribution in [3.8, 4) is 11.8 Å². The fourth-order valence-electron chi connectivity index (χ4n) is 2.53. The summed E-state index contributed by atoms with van der Waals surface area (Å²) in [5.74, 6) is 0.129. The highest BCUT2D eigenvalue weighted by molar-refractivity contribution is 5.92. The first-order valence-electron chi connectivity index (χ1n) is 9.71. The molecule has 0 saturated heterocycles. The molecule has 1 aromatic rings. The van der Waals surface area contributed by atoms with Crippen molar-refractivity contribution in [2.75, 3.05) is 20.3 Å². The van der Waals surface area contributed by atoms with Gasteiger partial charge in [-0.1, -0.05) is 0 Å². The Balaban J connectivity index is 2.79. The first-order valence-corrected chi connectivity index (χ1v) is 9.71. The number of pyridine rings is 1. The number of nitriles is 1. The third-order valence-corrected chi connectivity index (χ3v) is 4.41. The van der Waals surface area contributed by atoms with Crippen LogP contribution in [0.15, 0.2) is 17.1 Å². The summed E-state index contributed by atoms with van der Waals surface area (Å²) in [5, 5.41) is 11.3. The number of Topliss-reactive ketones (excluding diaryl/α,β-unsaturated/α-hetero) is 1. The number of amides is 1. The molecule has 0 radical (unpaired) electrons. The molecular formula is C21H31N5O4. The van der Waals surface area contributed by atoms with E-state index in [0.29, 0.717) is 25.1 Å². The van der Waals surface area contributed by atoms with Crippen molar-refractivity contribution < 1.29 is 19.1 Å². The van der Waals surface area contributed by atoms with E-state index < -0.39 is 17.6 Å². The minimum Gasteiger partial charge on any atom is -0.486 e. The monoisotopic (exact) mass is 417 g/mol. The molecule has 0 aromatic carbocycles. The van der Waals surface area contributed by atoms with Crippen LogP contribution < -0.4 is 15.8 Å². The molecule has 1 atom stereocenters. The number of rotatable bonds is 12. The Morgan fingerprint density at radius 3 is 2.53 bits per heavy atom. The number of methoxy groups -OCH3 is 1. The van der Waals surface area contributed by atoms with Gasteiger partial charge in [-0.15, -0.1) is 0 Å². The molecule has 9 heteroatoms. The van der Waals surface area contributed by atoms with Crippen LogP contribution in [0.1, 0.15) is 44.5 Å². The van der Waals surface area contributed by atoms with E-state index in [4.69, 9.17) is 20.5 Å². The van der Waals surface area contributed by atoms with E-state index in [1.165, 1.54) is 7.11 Å². The molecule has 1 amide bonds. The van der Waals surface area contributed by atoms with Gasteiger partial charge in [-0.2, -0.15) is 5.26 Å². The topological polar surface area (TPSA) is 140 Å². The fourth-order valence-corrected chi connectivity index (χ4v) is 2.53. The standard InChI is InChI=1S/C21H31N5O4/c1-14-11-16(12-15(2)25-14)30-13-18(27)17(26-20(28)21(3,4)29-5)7-6-10-24-19(23)8-9-22/h11-12,17H,6-8,10,13H2,1-5H3,(H2,23,24)(H,26,28)/t17-/m0/s1. The van der Waals surface area contributed by atoms with Crippen molar-refractivity contribution in [2.45, 2.75) is 58.6 Å². The summed E-state index contributed by atoms with van der Waals surface area (Å²) in [6.07, 6.45) is 0.912. The Labute approximate surface area is 177 Å². The van der Waals surface area contributed by atoms with Crippen LogP contribution in [0.2, 0.25) is 0 Å². The van der Waals surface area contributed by atoms with E-state index in [1.807, 2.05) is 19.9 Å². The van der Waals surface area contributed by atoms with Gasteiger partial charge in [-0.25, -0.2) is 0 Å². The van der Waals surface area contributed by atoms with Crippen LogP contribution >= 0.6 is 0 Å². The van der Waals surface area contributed by atoms with Gasteiger partial charge in [0.15, 0.2) is 5.78 Å². The number of carbonyl (C=O) groups excluding carboxylic acids is 2. The van der Waals surface area contributed by atoms with E-state index in [-0.39, 0.29) is 24.6 Å². The molecular weight excluding hydrogens is 386 g/mol. The lowest BCUT2D eigenvalue weighted by Gasteiger charge is -2.25. The second-order valence-corrected chi connectivity index (χ2v) is 7.43. The highest BCUT2D eigenvalue weighted by Gasteiger charge is 2.31. The van der Waals surface area contributed by atoms with Crippen LogP contribution in [0.5, 0.6) is 5.75 Å². The number of amidine groups is 1. The van der Waals surface area contributed by atoms with Gasteiger partial charge < -0.3 is 20.5 Å². The maximum absolute atomic E-state index is 12.8. The number of aromatic nitrogens is 1. The Kier molecular flexibility index (Phi) is 9.92. The van der Waals surface area contributed by atoms with Crippen molar-refractivity contribution >= 4 is 17.5 Å². The van der Waals surface area contributed by atoms with Crippen molar-refractivity contribution in [3.05, 3.63) is 23.5 Å². The van der Waals surface area contributed by atoms with Gasteiger partial charge in [0, 0.05) is 37.2 Å². The summed E-state index contributed by atoms with van der Waals surface area (Å²) in [6, 6.07) is 4.65. The summed E-state index contributed by atoms with van der Waals surface area (Å²) < 4.78 is 10.8. The zero-order chi connectivity index (χ0) is 22.7. The Morgan fingerprint density at radius 2 is 1.97 bits per heavy atom. The molecule has 0 saturated carbocycles. The molecule has 0 bridgehead atoms. The predicted molar refractivity (Wildman–Crippen MR) is 113 cm³/mol. The van der Waals surface area contributed by atoms with Crippen molar-refractivity contribution in [2.24, 2.45) is 10.7 Å². The van der Waals surface area contributed by atoms with E-state index in [0.717, 1.165) is 11.4 Å². The SMILES string of the molecule is COC(C)(C)C(=O)N[C@@H](CCCN=C(N)CC#N)C(=O)COc1cc(C)nc(C)c1. The second kappa shape index (κ2) is 11.9. The predicted octanol–water partition coefficient (Wildman–Crippen LogP) is 1.61. The smallest absolute Gasteiger partial charge is 0.252 e. The zero-order valence-corrected chi connectivity index (χ0v) is 18.3. The number of nitrogens with one attached hydrogen (secondary N) is 1. The first kappa shape index (κ1) is 25.0. The molecule has 0 aliphatic rings. The third kappa shape index (κ3) is 8.57. The molecule has 0 spiro atoms. The van der Waals surface area contributed by atoms with Gasteiger partial charge in [0.05, 0.1) is 18.5 Å². The van der Waals surface area contributed by atoms with Gasteiger partial charge in [-0.3, -0.25) is 19.6 Å². The zero-order valence-electron chi connectivity index (χ0n) is 18.3. The van der Waals surface area contributed by atoms with Crippen LogP contribution in [0, 0.1) is 25.2 Å². The summed E-state index contributed by atoms with van der Waals surface area (Å²) in [7, 11) is 1.43. The summed E-state index contributed by atoms with van der Waals surface area (Å²) >= 11 is 0. The molecule has 164 valence electrons. The van der Waals surface area contributed by atoms with E-state index >= 15 is 0 Å². The van der Waals surface area contributed by atoms with Crippen LogP contribution in [0.25, 0.3) is 0 Å². The molecule has 0 aliphatic heterocycles. The summed E-state index contributed by atoms with van der Waals surface area (Å²) in [4.78, 5) is 33.6. The maximum atomic E-state index is 12.8. The molecule has 0 unspecified atom stereocenters. The molecule has 1 rings (SSSR count). The molecule has 0 fully saturated rings.